The highest BCUT2D eigenvalue weighted by molar-refractivity contribution is 5.58. The van der Waals surface area contributed by atoms with Gasteiger partial charge in [0, 0.05) is 17.6 Å². The Kier molecular flexibility index (Phi) is 2.99. The molecule has 2 atom stereocenters. The van der Waals surface area contributed by atoms with Gasteiger partial charge in [-0.3, -0.25) is 0 Å². The van der Waals surface area contributed by atoms with E-state index in [1.54, 1.807) is 0 Å². The van der Waals surface area contributed by atoms with E-state index in [0.717, 1.165) is 5.92 Å². The second-order valence-electron chi connectivity index (χ2n) is 5.10. The summed E-state index contributed by atoms with van der Waals surface area (Å²) in [5.74, 6) is 1.52. The summed E-state index contributed by atoms with van der Waals surface area (Å²) in [6.45, 7) is 6.91. The summed E-state index contributed by atoms with van der Waals surface area (Å²) >= 11 is 0. The van der Waals surface area contributed by atoms with Gasteiger partial charge >= 0.3 is 0 Å². The lowest BCUT2D eigenvalue weighted by Crippen LogP contribution is -2.16. The second kappa shape index (κ2) is 4.26. The van der Waals surface area contributed by atoms with Crippen LogP contribution in [0.25, 0.3) is 0 Å². The lowest BCUT2D eigenvalue weighted by Gasteiger charge is -2.17. The van der Waals surface area contributed by atoms with Crippen LogP contribution >= 0.6 is 0 Å². The number of hydrogen-bond acceptors (Lipinski definition) is 1. The highest BCUT2D eigenvalue weighted by atomic mass is 15.0. The molecule has 1 aliphatic heterocycles. The van der Waals surface area contributed by atoms with E-state index in [1.165, 1.54) is 24.1 Å². The minimum atomic E-state index is 0.598. The van der Waals surface area contributed by atoms with Crippen molar-refractivity contribution in [2.45, 2.75) is 45.6 Å². The Morgan fingerprint density at radius 3 is 2.73 bits per heavy atom. The molecule has 1 nitrogen and oxygen atoms in total. The number of rotatable bonds is 3. The normalized spacial score (nSPS) is 24.0. The van der Waals surface area contributed by atoms with E-state index in [0.29, 0.717) is 12.0 Å². The van der Waals surface area contributed by atoms with Crippen molar-refractivity contribution in [1.82, 2.24) is 0 Å². The molecule has 2 unspecified atom stereocenters. The van der Waals surface area contributed by atoms with Gasteiger partial charge in [-0.05, 0) is 30.9 Å². The van der Waals surface area contributed by atoms with Crippen molar-refractivity contribution in [2.24, 2.45) is 5.92 Å². The third-order valence-corrected chi connectivity index (χ3v) is 3.40. The summed E-state index contributed by atoms with van der Waals surface area (Å²) in [5.41, 5.74) is 2.87. The Hall–Kier alpha value is -0.980. The van der Waals surface area contributed by atoms with E-state index >= 15 is 0 Å². The fraction of sp³-hybridized carbons (Fsp3) is 0.571. The highest BCUT2D eigenvalue weighted by Crippen LogP contribution is 2.38. The molecule has 1 heterocycles. The lowest BCUT2D eigenvalue weighted by atomic mass is 9.89. The molecule has 1 N–H and O–H groups in total. The number of fused-ring (bicyclic) bond motifs is 1. The number of nitrogens with one attached hydrogen (secondary N) is 1. The molecule has 1 heteroatoms. The highest BCUT2D eigenvalue weighted by Gasteiger charge is 2.27. The Labute approximate surface area is 92.9 Å². The van der Waals surface area contributed by atoms with Crippen LogP contribution in [-0.2, 0) is 0 Å². The van der Waals surface area contributed by atoms with Crippen LogP contribution in [-0.4, -0.2) is 6.04 Å². The van der Waals surface area contributed by atoms with E-state index in [2.05, 4.69) is 50.4 Å². The first-order valence-electron chi connectivity index (χ1n) is 6.04. The van der Waals surface area contributed by atoms with Crippen molar-refractivity contribution < 1.29 is 0 Å². The molecule has 0 radical (unpaired) electrons. The van der Waals surface area contributed by atoms with Gasteiger partial charge in [0.2, 0.25) is 0 Å². The Morgan fingerprint density at radius 2 is 2.00 bits per heavy atom. The fourth-order valence-electron chi connectivity index (χ4n) is 2.49. The molecule has 0 saturated heterocycles. The van der Waals surface area contributed by atoms with Crippen LogP contribution in [0.3, 0.4) is 0 Å². The molecule has 1 aromatic carbocycles. The van der Waals surface area contributed by atoms with Crippen LogP contribution in [0.2, 0.25) is 0 Å². The minimum Gasteiger partial charge on any atom is -0.382 e. The van der Waals surface area contributed by atoms with Crippen molar-refractivity contribution in [3.8, 4) is 0 Å². The zero-order valence-electron chi connectivity index (χ0n) is 9.96. The summed E-state index contributed by atoms with van der Waals surface area (Å²) in [6.07, 6.45) is 2.63. The SMILES string of the molecule is CC(C)CCC1c2ccccc2NC1C. The molecule has 1 aromatic rings. The largest absolute Gasteiger partial charge is 0.382 e. The van der Waals surface area contributed by atoms with E-state index < -0.39 is 0 Å². The van der Waals surface area contributed by atoms with Crippen molar-refractivity contribution >= 4 is 5.69 Å². The number of anilines is 1. The molecule has 0 fully saturated rings. The maximum atomic E-state index is 3.57. The van der Waals surface area contributed by atoms with Gasteiger partial charge < -0.3 is 5.32 Å². The van der Waals surface area contributed by atoms with Gasteiger partial charge in [-0.2, -0.15) is 0 Å². The molecule has 82 valence electrons. The quantitative estimate of drug-likeness (QED) is 0.782. The molecule has 0 spiro atoms. The first-order chi connectivity index (χ1) is 7.18. The monoisotopic (exact) mass is 203 g/mol. The third kappa shape index (κ3) is 2.17. The van der Waals surface area contributed by atoms with Gasteiger partial charge in [-0.15, -0.1) is 0 Å². The predicted molar refractivity (Wildman–Crippen MR) is 66.3 cm³/mol. The fourth-order valence-corrected chi connectivity index (χ4v) is 2.49. The van der Waals surface area contributed by atoms with Gasteiger partial charge in [0.15, 0.2) is 0 Å². The topological polar surface area (TPSA) is 12.0 Å². The lowest BCUT2D eigenvalue weighted by molar-refractivity contribution is 0.484. The van der Waals surface area contributed by atoms with Crippen LogP contribution in [0, 0.1) is 5.92 Å². The van der Waals surface area contributed by atoms with Crippen molar-refractivity contribution in [3.63, 3.8) is 0 Å². The van der Waals surface area contributed by atoms with E-state index in [4.69, 9.17) is 0 Å². The summed E-state index contributed by atoms with van der Waals surface area (Å²) in [5, 5.41) is 3.57. The van der Waals surface area contributed by atoms with Crippen LogP contribution in [0.15, 0.2) is 24.3 Å². The van der Waals surface area contributed by atoms with Crippen LogP contribution in [0.5, 0.6) is 0 Å². The van der Waals surface area contributed by atoms with E-state index in [-0.39, 0.29) is 0 Å². The number of benzene rings is 1. The molecule has 0 saturated carbocycles. The van der Waals surface area contributed by atoms with Gasteiger partial charge in [-0.1, -0.05) is 38.5 Å². The summed E-state index contributed by atoms with van der Waals surface area (Å²) < 4.78 is 0. The van der Waals surface area contributed by atoms with Gasteiger partial charge in [-0.25, -0.2) is 0 Å². The molecule has 0 aliphatic carbocycles. The zero-order chi connectivity index (χ0) is 10.8. The zero-order valence-corrected chi connectivity index (χ0v) is 9.96. The van der Waals surface area contributed by atoms with Gasteiger partial charge in [0.25, 0.3) is 0 Å². The maximum absolute atomic E-state index is 3.57. The Morgan fingerprint density at radius 1 is 1.27 bits per heavy atom. The van der Waals surface area contributed by atoms with Crippen molar-refractivity contribution in [2.75, 3.05) is 5.32 Å². The summed E-state index contributed by atoms with van der Waals surface area (Å²) in [6, 6.07) is 9.34. The second-order valence-corrected chi connectivity index (χ2v) is 5.10. The van der Waals surface area contributed by atoms with Crippen LogP contribution in [0.4, 0.5) is 5.69 Å². The average molecular weight is 203 g/mol. The number of para-hydroxylation sites is 1. The Bertz CT molecular complexity index is 330. The number of hydrogen-bond donors (Lipinski definition) is 1. The smallest absolute Gasteiger partial charge is 0.0378 e. The molecule has 0 amide bonds. The molecule has 0 bridgehead atoms. The first-order valence-corrected chi connectivity index (χ1v) is 6.04. The molecule has 1 aliphatic rings. The van der Waals surface area contributed by atoms with Gasteiger partial charge in [0.05, 0.1) is 0 Å². The molecule has 2 rings (SSSR count). The van der Waals surface area contributed by atoms with Crippen molar-refractivity contribution in [3.05, 3.63) is 29.8 Å². The van der Waals surface area contributed by atoms with E-state index in [9.17, 15) is 0 Å². The van der Waals surface area contributed by atoms with E-state index in [1.807, 2.05) is 0 Å². The summed E-state index contributed by atoms with van der Waals surface area (Å²) in [4.78, 5) is 0. The molecular weight excluding hydrogens is 182 g/mol. The third-order valence-electron chi connectivity index (χ3n) is 3.40. The standard InChI is InChI=1S/C14H21N/c1-10(2)8-9-12-11(3)15-14-7-5-4-6-13(12)14/h4-7,10-12,15H,8-9H2,1-3H3. The molecule has 15 heavy (non-hydrogen) atoms. The summed E-state index contributed by atoms with van der Waals surface area (Å²) in [7, 11) is 0. The van der Waals surface area contributed by atoms with Crippen LogP contribution < -0.4 is 5.32 Å². The van der Waals surface area contributed by atoms with Crippen LogP contribution in [0.1, 0.15) is 45.1 Å². The molecular formula is C14H21N. The maximum Gasteiger partial charge on any atom is 0.0378 e. The predicted octanol–water partition coefficient (Wildman–Crippen LogP) is 4.02. The molecule has 0 aromatic heterocycles. The average Bonchev–Trinajstić information content (AvgIpc) is 2.50. The minimum absolute atomic E-state index is 0.598. The van der Waals surface area contributed by atoms with Crippen molar-refractivity contribution in [1.29, 1.82) is 0 Å². The first kappa shape index (κ1) is 10.5. The van der Waals surface area contributed by atoms with Gasteiger partial charge in [0.1, 0.15) is 0 Å². The Balaban J connectivity index is 2.11.